The van der Waals surface area contributed by atoms with Crippen LogP contribution in [-0.4, -0.2) is 29.4 Å². The second-order valence-corrected chi connectivity index (χ2v) is 8.48. The van der Waals surface area contributed by atoms with Gasteiger partial charge in [0.2, 0.25) is 5.91 Å². The molecule has 1 aliphatic heterocycles. The number of nitrogens with one attached hydrogen (secondary N) is 1. The van der Waals surface area contributed by atoms with E-state index < -0.39 is 6.10 Å². The Balaban J connectivity index is 1.63. The topological polar surface area (TPSA) is 71.5 Å². The standard InChI is InChI=1S/C23H23N3O3S/c1-13-6-5-7-18(14(13)2)25-22(27)11-26-20-10-17(19-12-30-16(4)24-19)8-9-21(20)29-15(3)23(26)28/h5-10,12,15H,11H2,1-4H3,(H,25,27). The molecule has 0 aliphatic carbocycles. The molecule has 1 unspecified atom stereocenters. The first kappa shape index (κ1) is 20.1. The van der Waals surface area contributed by atoms with Crippen molar-refractivity contribution in [1.82, 2.24) is 4.98 Å². The van der Waals surface area contributed by atoms with Crippen molar-refractivity contribution in [3.63, 3.8) is 0 Å². The van der Waals surface area contributed by atoms with Gasteiger partial charge >= 0.3 is 0 Å². The zero-order valence-corrected chi connectivity index (χ0v) is 18.2. The molecule has 3 aromatic rings. The van der Waals surface area contributed by atoms with Gasteiger partial charge in [-0.1, -0.05) is 12.1 Å². The molecule has 7 heteroatoms. The Bertz CT molecular complexity index is 1140. The van der Waals surface area contributed by atoms with Gasteiger partial charge in [0.1, 0.15) is 12.3 Å². The summed E-state index contributed by atoms with van der Waals surface area (Å²) in [5.74, 6) is 0.0783. The van der Waals surface area contributed by atoms with E-state index >= 15 is 0 Å². The molecule has 154 valence electrons. The van der Waals surface area contributed by atoms with Gasteiger partial charge in [-0.2, -0.15) is 0 Å². The number of ether oxygens (including phenoxy) is 1. The van der Waals surface area contributed by atoms with Crippen molar-refractivity contribution >= 4 is 34.5 Å². The maximum Gasteiger partial charge on any atom is 0.268 e. The smallest absolute Gasteiger partial charge is 0.268 e. The number of amides is 2. The van der Waals surface area contributed by atoms with E-state index in [0.29, 0.717) is 11.4 Å². The quantitative estimate of drug-likeness (QED) is 0.674. The zero-order valence-electron chi connectivity index (χ0n) is 17.4. The fourth-order valence-electron chi connectivity index (χ4n) is 3.45. The Morgan fingerprint density at radius 2 is 2.03 bits per heavy atom. The minimum atomic E-state index is -0.654. The minimum Gasteiger partial charge on any atom is -0.479 e. The van der Waals surface area contributed by atoms with Crippen molar-refractivity contribution < 1.29 is 14.3 Å². The summed E-state index contributed by atoms with van der Waals surface area (Å²) >= 11 is 1.57. The third-order valence-corrected chi connectivity index (χ3v) is 6.04. The maximum absolute atomic E-state index is 12.9. The molecule has 2 heterocycles. The molecular formula is C23H23N3O3S. The Hall–Kier alpha value is -3.19. The Labute approximate surface area is 179 Å². The molecule has 0 saturated carbocycles. The lowest BCUT2D eigenvalue weighted by atomic mass is 10.1. The summed E-state index contributed by atoms with van der Waals surface area (Å²) in [4.78, 5) is 31.7. The molecule has 0 fully saturated rings. The first-order valence-electron chi connectivity index (χ1n) is 9.74. The molecule has 1 aromatic heterocycles. The molecule has 1 atom stereocenters. The second kappa shape index (κ2) is 7.91. The van der Waals surface area contributed by atoms with Crippen molar-refractivity contribution in [1.29, 1.82) is 0 Å². The normalized spacial score (nSPS) is 15.5. The highest BCUT2D eigenvalue weighted by Gasteiger charge is 2.33. The summed E-state index contributed by atoms with van der Waals surface area (Å²) in [5.41, 5.74) is 5.15. The highest BCUT2D eigenvalue weighted by Crippen LogP contribution is 2.37. The number of hydrogen-bond acceptors (Lipinski definition) is 5. The van der Waals surface area contributed by atoms with Crippen LogP contribution >= 0.6 is 11.3 Å². The number of aryl methyl sites for hydroxylation is 2. The maximum atomic E-state index is 12.9. The predicted molar refractivity (Wildman–Crippen MR) is 119 cm³/mol. The van der Waals surface area contributed by atoms with Gasteiger partial charge in [0.05, 0.1) is 16.4 Å². The van der Waals surface area contributed by atoms with Crippen molar-refractivity contribution in [3.8, 4) is 17.0 Å². The van der Waals surface area contributed by atoms with Crippen LogP contribution in [0.1, 0.15) is 23.1 Å². The summed E-state index contributed by atoms with van der Waals surface area (Å²) in [6, 6.07) is 11.4. The summed E-state index contributed by atoms with van der Waals surface area (Å²) in [6.07, 6.45) is -0.654. The number of carbonyl (C=O) groups excluding carboxylic acids is 2. The van der Waals surface area contributed by atoms with Gasteiger partial charge in [0.25, 0.3) is 5.91 Å². The van der Waals surface area contributed by atoms with Crippen LogP contribution < -0.4 is 15.0 Å². The van der Waals surface area contributed by atoms with Gasteiger partial charge < -0.3 is 10.1 Å². The van der Waals surface area contributed by atoms with E-state index in [9.17, 15) is 9.59 Å². The number of benzene rings is 2. The Kier molecular flexibility index (Phi) is 5.30. The van der Waals surface area contributed by atoms with Gasteiger partial charge in [-0.25, -0.2) is 4.98 Å². The molecule has 0 saturated heterocycles. The highest BCUT2D eigenvalue weighted by molar-refractivity contribution is 7.09. The van der Waals surface area contributed by atoms with E-state index in [1.54, 1.807) is 18.3 Å². The molecule has 2 aromatic carbocycles. The van der Waals surface area contributed by atoms with Crippen molar-refractivity contribution in [2.45, 2.75) is 33.8 Å². The Morgan fingerprint density at radius 1 is 1.23 bits per heavy atom. The van der Waals surface area contributed by atoms with E-state index in [2.05, 4.69) is 10.3 Å². The average molecular weight is 422 g/mol. The van der Waals surface area contributed by atoms with Gasteiger partial charge in [-0.15, -0.1) is 11.3 Å². The predicted octanol–water partition coefficient (Wildman–Crippen LogP) is 4.49. The number of rotatable bonds is 4. The van der Waals surface area contributed by atoms with Crippen molar-refractivity contribution in [2.24, 2.45) is 0 Å². The molecule has 0 spiro atoms. The highest BCUT2D eigenvalue weighted by atomic mass is 32.1. The number of fused-ring (bicyclic) bond motifs is 1. The lowest BCUT2D eigenvalue weighted by Gasteiger charge is -2.33. The van der Waals surface area contributed by atoms with Crippen LogP contribution in [0.4, 0.5) is 11.4 Å². The fraction of sp³-hybridized carbons (Fsp3) is 0.261. The third kappa shape index (κ3) is 3.80. The van der Waals surface area contributed by atoms with E-state index in [-0.39, 0.29) is 18.4 Å². The first-order valence-corrected chi connectivity index (χ1v) is 10.6. The molecular weight excluding hydrogens is 398 g/mol. The average Bonchev–Trinajstić information content (AvgIpc) is 3.15. The van der Waals surface area contributed by atoms with Crippen molar-refractivity contribution in [2.75, 3.05) is 16.8 Å². The van der Waals surface area contributed by atoms with E-state index in [4.69, 9.17) is 4.74 Å². The Morgan fingerprint density at radius 3 is 2.77 bits per heavy atom. The van der Waals surface area contributed by atoms with Crippen LogP contribution in [0.3, 0.4) is 0 Å². The zero-order chi connectivity index (χ0) is 21.4. The van der Waals surface area contributed by atoms with Crippen LogP contribution in [-0.2, 0) is 9.59 Å². The summed E-state index contributed by atoms with van der Waals surface area (Å²) in [6.45, 7) is 7.51. The summed E-state index contributed by atoms with van der Waals surface area (Å²) < 4.78 is 5.76. The van der Waals surface area contributed by atoms with E-state index in [1.807, 2.05) is 62.5 Å². The van der Waals surface area contributed by atoms with Crippen molar-refractivity contribution in [3.05, 3.63) is 57.9 Å². The minimum absolute atomic E-state index is 0.0908. The molecule has 1 aliphatic rings. The molecule has 4 rings (SSSR count). The number of anilines is 2. The van der Waals surface area contributed by atoms with Crippen LogP contribution in [0.25, 0.3) is 11.3 Å². The van der Waals surface area contributed by atoms with Gasteiger partial charge in [-0.3, -0.25) is 14.5 Å². The molecule has 1 N–H and O–H groups in total. The molecule has 6 nitrogen and oxygen atoms in total. The second-order valence-electron chi connectivity index (χ2n) is 7.41. The van der Waals surface area contributed by atoms with E-state index in [1.165, 1.54) is 4.90 Å². The third-order valence-electron chi connectivity index (χ3n) is 5.26. The SMILES string of the molecule is Cc1nc(-c2ccc3c(c2)N(CC(=O)Nc2cccc(C)c2C)C(=O)C(C)O3)cs1. The number of hydrogen-bond donors (Lipinski definition) is 1. The van der Waals surface area contributed by atoms with Gasteiger partial charge in [0, 0.05) is 16.6 Å². The number of nitrogens with zero attached hydrogens (tertiary/aromatic N) is 2. The van der Waals surface area contributed by atoms with Crippen LogP contribution in [0.15, 0.2) is 41.8 Å². The molecule has 0 bridgehead atoms. The van der Waals surface area contributed by atoms with E-state index in [0.717, 1.165) is 33.1 Å². The molecule has 2 amide bonds. The van der Waals surface area contributed by atoms with Gasteiger partial charge in [-0.05, 0) is 63.1 Å². The van der Waals surface area contributed by atoms with Crippen LogP contribution in [0.2, 0.25) is 0 Å². The number of carbonyl (C=O) groups is 2. The number of aromatic nitrogens is 1. The summed E-state index contributed by atoms with van der Waals surface area (Å²) in [7, 11) is 0. The fourth-order valence-corrected chi connectivity index (χ4v) is 4.07. The lowest BCUT2D eigenvalue weighted by molar-refractivity contribution is -0.127. The molecule has 0 radical (unpaired) electrons. The number of thiazole rings is 1. The van der Waals surface area contributed by atoms with Crippen LogP contribution in [0.5, 0.6) is 5.75 Å². The monoisotopic (exact) mass is 421 g/mol. The first-order chi connectivity index (χ1) is 14.3. The molecule has 30 heavy (non-hydrogen) atoms. The lowest BCUT2D eigenvalue weighted by Crippen LogP contribution is -2.47. The van der Waals surface area contributed by atoms with Crippen LogP contribution in [0, 0.1) is 20.8 Å². The summed E-state index contributed by atoms with van der Waals surface area (Å²) in [5, 5.41) is 5.87. The largest absolute Gasteiger partial charge is 0.479 e. The van der Waals surface area contributed by atoms with Gasteiger partial charge in [0.15, 0.2) is 6.10 Å².